The first-order valence-electron chi connectivity index (χ1n) is 8.37. The van der Waals surface area contributed by atoms with Crippen LogP contribution in [-0.2, 0) is 10.0 Å². The number of pyridine rings is 1. The minimum atomic E-state index is -3.81. The van der Waals surface area contributed by atoms with E-state index in [-0.39, 0.29) is 4.90 Å². The molecule has 8 heteroatoms. The van der Waals surface area contributed by atoms with Crippen molar-refractivity contribution < 1.29 is 8.42 Å². The number of nitrogens with one attached hydrogen (secondary N) is 1. The van der Waals surface area contributed by atoms with Gasteiger partial charge in [0.25, 0.3) is 10.0 Å². The van der Waals surface area contributed by atoms with Gasteiger partial charge in [0.1, 0.15) is 0 Å². The summed E-state index contributed by atoms with van der Waals surface area (Å²) in [5, 5.41) is 5.05. The zero-order valence-electron chi connectivity index (χ0n) is 14.5. The summed E-state index contributed by atoms with van der Waals surface area (Å²) in [4.78, 5) is 7.96. The molecule has 0 saturated heterocycles. The van der Waals surface area contributed by atoms with Crippen LogP contribution in [0.3, 0.4) is 0 Å². The normalized spacial score (nSPS) is 11.3. The zero-order valence-corrected chi connectivity index (χ0v) is 16.1. The van der Waals surface area contributed by atoms with E-state index in [0.29, 0.717) is 16.4 Å². The topological polar surface area (TPSA) is 76.9 Å². The van der Waals surface area contributed by atoms with E-state index < -0.39 is 10.0 Å². The van der Waals surface area contributed by atoms with E-state index >= 15 is 0 Å². The Bertz CT molecular complexity index is 1190. The van der Waals surface area contributed by atoms with Crippen molar-refractivity contribution in [1.82, 2.24) is 14.9 Å². The fourth-order valence-corrected chi connectivity index (χ4v) is 3.82. The first kappa shape index (κ1) is 18.2. The molecule has 0 radical (unpaired) electrons. The van der Waals surface area contributed by atoms with E-state index in [4.69, 9.17) is 11.6 Å². The molecule has 0 spiro atoms. The van der Waals surface area contributed by atoms with Crippen LogP contribution in [0, 0.1) is 0 Å². The molecule has 0 atom stereocenters. The highest BCUT2D eigenvalue weighted by molar-refractivity contribution is 7.92. The highest BCUT2D eigenvalue weighted by Crippen LogP contribution is 2.27. The van der Waals surface area contributed by atoms with Gasteiger partial charge in [0.15, 0.2) is 0 Å². The highest BCUT2D eigenvalue weighted by Gasteiger charge is 2.18. The molecule has 0 fully saturated rings. The Labute approximate surface area is 167 Å². The van der Waals surface area contributed by atoms with Gasteiger partial charge in [-0.15, -0.1) is 0 Å². The summed E-state index contributed by atoms with van der Waals surface area (Å²) >= 11 is 5.99. The molecule has 0 aliphatic rings. The third-order valence-corrected chi connectivity index (χ3v) is 5.64. The maximum atomic E-state index is 12.8. The molecule has 0 aliphatic heterocycles. The molecular weight excluding hydrogens is 396 g/mol. The van der Waals surface area contributed by atoms with Crippen molar-refractivity contribution in [3.8, 4) is 22.5 Å². The molecule has 2 heterocycles. The van der Waals surface area contributed by atoms with E-state index in [1.807, 2.05) is 30.3 Å². The van der Waals surface area contributed by atoms with E-state index in [1.54, 1.807) is 42.7 Å². The highest BCUT2D eigenvalue weighted by atomic mass is 35.5. The molecule has 28 heavy (non-hydrogen) atoms. The number of hydrogen-bond acceptors (Lipinski definition) is 4. The lowest BCUT2D eigenvalue weighted by Crippen LogP contribution is -2.25. The predicted octanol–water partition coefficient (Wildman–Crippen LogP) is 4.20. The van der Waals surface area contributed by atoms with Gasteiger partial charge in [0.2, 0.25) is 0 Å². The van der Waals surface area contributed by atoms with Crippen molar-refractivity contribution in [1.29, 1.82) is 0 Å². The summed E-state index contributed by atoms with van der Waals surface area (Å²) in [7, 11) is -3.81. The van der Waals surface area contributed by atoms with E-state index in [0.717, 1.165) is 11.1 Å². The minimum Gasteiger partial charge on any atom is -0.265 e. The second-order valence-electron chi connectivity index (χ2n) is 5.98. The Kier molecular flexibility index (Phi) is 4.85. The summed E-state index contributed by atoms with van der Waals surface area (Å²) in [6.07, 6.45) is 3.31. The number of aromatic nitrogens is 3. The van der Waals surface area contributed by atoms with Gasteiger partial charge < -0.3 is 0 Å². The lowest BCUT2D eigenvalue weighted by atomic mass is 10.1. The van der Waals surface area contributed by atoms with Crippen molar-refractivity contribution in [2.24, 2.45) is 0 Å². The third kappa shape index (κ3) is 3.76. The molecule has 1 N–H and O–H groups in total. The van der Waals surface area contributed by atoms with Crippen LogP contribution in [-0.4, -0.2) is 23.3 Å². The van der Waals surface area contributed by atoms with Gasteiger partial charge in [0, 0.05) is 28.5 Å². The van der Waals surface area contributed by atoms with Crippen LogP contribution < -0.4 is 4.83 Å². The molecule has 4 aromatic rings. The van der Waals surface area contributed by atoms with Gasteiger partial charge in [0.05, 0.1) is 16.3 Å². The SMILES string of the molecule is O=S(=O)(Nn1nc(-c2ccncc2)cc1-c1ccc(Cl)cc1)c1ccccc1. The van der Waals surface area contributed by atoms with Crippen LogP contribution in [0.25, 0.3) is 22.5 Å². The van der Waals surface area contributed by atoms with Gasteiger partial charge in [-0.25, -0.2) is 0 Å². The second kappa shape index (κ2) is 7.46. The third-order valence-electron chi connectivity index (χ3n) is 4.09. The van der Waals surface area contributed by atoms with Crippen LogP contribution in [0.4, 0.5) is 0 Å². The number of sulfonamides is 1. The molecule has 0 aliphatic carbocycles. The van der Waals surface area contributed by atoms with Crippen LogP contribution >= 0.6 is 11.6 Å². The second-order valence-corrected chi connectivity index (χ2v) is 8.07. The van der Waals surface area contributed by atoms with Gasteiger partial charge in [-0.05, 0) is 42.5 Å². The average molecular weight is 411 g/mol. The van der Waals surface area contributed by atoms with Crippen LogP contribution in [0.15, 0.2) is 90.1 Å². The van der Waals surface area contributed by atoms with Crippen molar-refractivity contribution in [2.45, 2.75) is 4.90 Å². The molecule has 2 aromatic heterocycles. The Morgan fingerprint density at radius 2 is 1.54 bits per heavy atom. The first-order chi connectivity index (χ1) is 13.5. The Morgan fingerprint density at radius 3 is 2.21 bits per heavy atom. The molecule has 0 saturated carbocycles. The number of halogens is 1. The summed E-state index contributed by atoms with van der Waals surface area (Å²) in [5.41, 5.74) is 2.79. The number of rotatable bonds is 5. The first-order valence-corrected chi connectivity index (χ1v) is 10.2. The molecule has 0 bridgehead atoms. The fourth-order valence-electron chi connectivity index (χ4n) is 2.71. The Hall–Kier alpha value is -3.16. The van der Waals surface area contributed by atoms with Gasteiger partial charge in [-0.3, -0.25) is 4.98 Å². The maximum Gasteiger partial charge on any atom is 0.276 e. The number of nitrogens with zero attached hydrogens (tertiary/aromatic N) is 3. The smallest absolute Gasteiger partial charge is 0.265 e. The van der Waals surface area contributed by atoms with Crippen molar-refractivity contribution >= 4 is 21.6 Å². The van der Waals surface area contributed by atoms with Crippen LogP contribution in [0.1, 0.15) is 0 Å². The standard InChI is InChI=1S/C20H15ClN4O2S/c21-17-8-6-16(7-9-17)20-14-19(15-10-12-22-13-11-15)23-25(20)24-28(26,27)18-4-2-1-3-5-18/h1-14,24H. The van der Waals surface area contributed by atoms with Crippen molar-refractivity contribution in [3.63, 3.8) is 0 Å². The molecule has 0 amide bonds. The molecule has 140 valence electrons. The molecule has 6 nitrogen and oxygen atoms in total. The Morgan fingerprint density at radius 1 is 0.857 bits per heavy atom. The largest absolute Gasteiger partial charge is 0.276 e. The average Bonchev–Trinajstić information content (AvgIpc) is 3.13. The molecule has 0 unspecified atom stereocenters. The lowest BCUT2D eigenvalue weighted by molar-refractivity contribution is 0.592. The van der Waals surface area contributed by atoms with Gasteiger partial charge in [-0.2, -0.15) is 23.1 Å². The summed E-state index contributed by atoms with van der Waals surface area (Å²) in [6.45, 7) is 0. The van der Waals surface area contributed by atoms with E-state index in [2.05, 4.69) is 14.9 Å². The zero-order chi connectivity index (χ0) is 19.6. The summed E-state index contributed by atoms with van der Waals surface area (Å²) < 4.78 is 25.6. The van der Waals surface area contributed by atoms with Gasteiger partial charge >= 0.3 is 0 Å². The van der Waals surface area contributed by atoms with Crippen LogP contribution in [0.5, 0.6) is 0 Å². The minimum absolute atomic E-state index is 0.151. The predicted molar refractivity (Wildman–Crippen MR) is 109 cm³/mol. The number of hydrogen-bond donors (Lipinski definition) is 1. The fraction of sp³-hybridized carbons (Fsp3) is 0. The lowest BCUT2D eigenvalue weighted by Gasteiger charge is -2.11. The van der Waals surface area contributed by atoms with Crippen LogP contribution in [0.2, 0.25) is 5.02 Å². The van der Waals surface area contributed by atoms with E-state index in [1.165, 1.54) is 16.9 Å². The van der Waals surface area contributed by atoms with E-state index in [9.17, 15) is 8.42 Å². The monoisotopic (exact) mass is 410 g/mol. The molecule has 2 aromatic carbocycles. The quantitative estimate of drug-likeness (QED) is 0.535. The maximum absolute atomic E-state index is 12.8. The summed E-state index contributed by atoms with van der Waals surface area (Å²) in [5.74, 6) is 0. The Balaban J connectivity index is 1.81. The van der Waals surface area contributed by atoms with Crippen molar-refractivity contribution in [3.05, 3.63) is 90.2 Å². The van der Waals surface area contributed by atoms with Crippen molar-refractivity contribution in [2.75, 3.05) is 4.83 Å². The molecular formula is C20H15ClN4O2S. The summed E-state index contributed by atoms with van der Waals surface area (Å²) in [6, 6.07) is 20.7. The number of benzene rings is 2. The molecule has 4 rings (SSSR count). The van der Waals surface area contributed by atoms with Gasteiger partial charge in [-0.1, -0.05) is 41.9 Å².